The van der Waals surface area contributed by atoms with Gasteiger partial charge in [0.2, 0.25) is 0 Å². The number of H-pyrrole nitrogens is 1. The molecule has 0 spiro atoms. The van der Waals surface area contributed by atoms with Gasteiger partial charge in [-0.3, -0.25) is 5.10 Å². The summed E-state index contributed by atoms with van der Waals surface area (Å²) in [5.74, 6) is 0. The Morgan fingerprint density at radius 1 is 1.24 bits per heavy atom. The van der Waals surface area contributed by atoms with Gasteiger partial charge in [0, 0.05) is 30.1 Å². The van der Waals surface area contributed by atoms with Crippen molar-refractivity contribution in [2.75, 3.05) is 6.26 Å². The third-order valence-electron chi connectivity index (χ3n) is 3.67. The van der Waals surface area contributed by atoms with Crippen LogP contribution in [-0.4, -0.2) is 24.9 Å². The largest absolute Gasteiger partial charge is 0.306 e. The zero-order valence-corrected chi connectivity index (χ0v) is 13.6. The second-order valence-electron chi connectivity index (χ2n) is 5.36. The maximum absolute atomic E-state index is 11.4. The molecule has 2 rings (SSSR count). The summed E-state index contributed by atoms with van der Waals surface area (Å²) >= 11 is 0. The first kappa shape index (κ1) is 15.7. The molecule has 5 nitrogen and oxygen atoms in total. The van der Waals surface area contributed by atoms with Gasteiger partial charge in [0.15, 0.2) is 9.84 Å². The van der Waals surface area contributed by atoms with Crippen molar-refractivity contribution >= 4 is 9.84 Å². The summed E-state index contributed by atoms with van der Waals surface area (Å²) < 4.78 is 22.9. The summed E-state index contributed by atoms with van der Waals surface area (Å²) in [7, 11) is -3.14. The molecule has 0 amide bonds. The molecule has 2 N–H and O–H groups in total. The molecule has 21 heavy (non-hydrogen) atoms. The first-order chi connectivity index (χ1) is 9.79. The van der Waals surface area contributed by atoms with Crippen molar-refractivity contribution in [1.29, 1.82) is 0 Å². The summed E-state index contributed by atoms with van der Waals surface area (Å²) in [5.41, 5.74) is 4.30. The van der Waals surface area contributed by atoms with Crippen LogP contribution in [0.5, 0.6) is 0 Å². The molecule has 2 aromatic rings. The van der Waals surface area contributed by atoms with E-state index in [1.807, 2.05) is 26.0 Å². The first-order valence-electron chi connectivity index (χ1n) is 6.83. The fraction of sp³-hybridized carbons (Fsp3) is 0.400. The van der Waals surface area contributed by atoms with Crippen LogP contribution in [0.15, 0.2) is 29.2 Å². The monoisotopic (exact) mass is 307 g/mol. The quantitative estimate of drug-likeness (QED) is 0.888. The van der Waals surface area contributed by atoms with E-state index in [-0.39, 0.29) is 6.04 Å². The highest BCUT2D eigenvalue weighted by atomic mass is 32.2. The van der Waals surface area contributed by atoms with Crippen LogP contribution in [0.4, 0.5) is 0 Å². The number of hydrogen-bond acceptors (Lipinski definition) is 4. The molecule has 1 atom stereocenters. The van der Waals surface area contributed by atoms with Crippen molar-refractivity contribution in [3.8, 4) is 0 Å². The van der Waals surface area contributed by atoms with Gasteiger partial charge in [-0.1, -0.05) is 12.1 Å². The first-order valence-corrected chi connectivity index (χ1v) is 8.72. The van der Waals surface area contributed by atoms with Gasteiger partial charge in [0.25, 0.3) is 0 Å². The molecule has 1 aromatic carbocycles. The van der Waals surface area contributed by atoms with Crippen molar-refractivity contribution in [2.45, 2.75) is 38.3 Å². The molecule has 0 unspecified atom stereocenters. The van der Waals surface area contributed by atoms with Gasteiger partial charge in [-0.05, 0) is 38.5 Å². The number of rotatable bonds is 5. The van der Waals surface area contributed by atoms with E-state index in [0.717, 1.165) is 23.5 Å². The Kier molecular flexibility index (Phi) is 4.49. The molecule has 0 radical (unpaired) electrons. The van der Waals surface area contributed by atoms with Gasteiger partial charge in [-0.2, -0.15) is 5.10 Å². The number of hydrogen-bond donors (Lipinski definition) is 2. The summed E-state index contributed by atoms with van der Waals surface area (Å²) in [6, 6.07) is 7.13. The normalized spacial score (nSPS) is 13.3. The third kappa shape index (κ3) is 3.71. The number of sulfone groups is 1. The summed E-state index contributed by atoms with van der Waals surface area (Å²) in [5, 5.41) is 10.6. The van der Waals surface area contributed by atoms with Crippen molar-refractivity contribution in [1.82, 2.24) is 15.5 Å². The Bertz CT molecular complexity index is 698. The second-order valence-corrected chi connectivity index (χ2v) is 7.37. The molecular weight excluding hydrogens is 286 g/mol. The summed E-state index contributed by atoms with van der Waals surface area (Å²) in [6.45, 7) is 6.76. The molecule has 0 saturated carbocycles. The topological polar surface area (TPSA) is 74.8 Å². The number of benzene rings is 1. The van der Waals surface area contributed by atoms with Crippen LogP contribution in [0.1, 0.15) is 35.5 Å². The van der Waals surface area contributed by atoms with E-state index < -0.39 is 9.84 Å². The Balaban J connectivity index is 2.05. The lowest BCUT2D eigenvalue weighted by Gasteiger charge is -2.15. The highest BCUT2D eigenvalue weighted by Crippen LogP contribution is 2.17. The molecule has 0 fully saturated rings. The van der Waals surface area contributed by atoms with E-state index >= 15 is 0 Å². The standard InChI is InChI=1S/C15H21N3O2S/c1-10(16-9-15-11(2)17-18-12(15)3)13-5-7-14(8-6-13)21(4,19)20/h5-8,10,16H,9H2,1-4H3,(H,17,18)/t10-/m1/s1. The molecule has 0 aliphatic carbocycles. The van der Waals surface area contributed by atoms with Crippen molar-refractivity contribution in [2.24, 2.45) is 0 Å². The number of aromatic amines is 1. The number of aromatic nitrogens is 2. The molecule has 0 aliphatic heterocycles. The van der Waals surface area contributed by atoms with Crippen LogP contribution < -0.4 is 5.32 Å². The van der Waals surface area contributed by atoms with E-state index in [4.69, 9.17) is 0 Å². The van der Waals surface area contributed by atoms with Crippen molar-refractivity contribution < 1.29 is 8.42 Å². The van der Waals surface area contributed by atoms with Gasteiger partial charge in [0.1, 0.15) is 0 Å². The predicted octanol–water partition coefficient (Wildman–Crippen LogP) is 2.28. The molecule has 0 bridgehead atoms. The van der Waals surface area contributed by atoms with Crippen molar-refractivity contribution in [3.05, 3.63) is 46.8 Å². The molecule has 1 aromatic heterocycles. The fourth-order valence-corrected chi connectivity index (χ4v) is 2.84. The average Bonchev–Trinajstić information content (AvgIpc) is 2.75. The SMILES string of the molecule is Cc1n[nH]c(C)c1CN[C@H](C)c1ccc(S(C)(=O)=O)cc1. The molecule has 0 aliphatic rings. The minimum Gasteiger partial charge on any atom is -0.306 e. The molecule has 1 heterocycles. The third-order valence-corrected chi connectivity index (χ3v) is 4.80. The Morgan fingerprint density at radius 2 is 1.86 bits per heavy atom. The maximum atomic E-state index is 11.4. The smallest absolute Gasteiger partial charge is 0.175 e. The van der Waals surface area contributed by atoms with E-state index in [1.165, 1.54) is 11.8 Å². The Morgan fingerprint density at radius 3 is 2.33 bits per heavy atom. The molecular formula is C15H21N3O2S. The van der Waals surface area contributed by atoms with Gasteiger partial charge < -0.3 is 5.32 Å². The number of aryl methyl sites for hydroxylation is 2. The molecule has 0 saturated heterocycles. The highest BCUT2D eigenvalue weighted by molar-refractivity contribution is 7.90. The Hall–Kier alpha value is -1.66. The van der Waals surface area contributed by atoms with Gasteiger partial charge >= 0.3 is 0 Å². The zero-order chi connectivity index (χ0) is 15.6. The highest BCUT2D eigenvalue weighted by Gasteiger charge is 2.11. The number of nitrogens with one attached hydrogen (secondary N) is 2. The van der Waals surface area contributed by atoms with Crippen LogP contribution >= 0.6 is 0 Å². The van der Waals surface area contributed by atoms with E-state index in [9.17, 15) is 8.42 Å². The number of nitrogens with zero attached hydrogens (tertiary/aromatic N) is 1. The average molecular weight is 307 g/mol. The Labute approximate surface area is 125 Å². The van der Waals surface area contributed by atoms with Gasteiger partial charge in [-0.15, -0.1) is 0 Å². The van der Waals surface area contributed by atoms with Gasteiger partial charge in [-0.25, -0.2) is 8.42 Å². The minimum atomic E-state index is -3.14. The van der Waals surface area contributed by atoms with E-state index in [2.05, 4.69) is 22.4 Å². The second kappa shape index (κ2) is 5.99. The fourth-order valence-electron chi connectivity index (χ4n) is 2.21. The van der Waals surface area contributed by atoms with E-state index in [0.29, 0.717) is 4.90 Å². The van der Waals surface area contributed by atoms with Crippen LogP contribution in [0.3, 0.4) is 0 Å². The van der Waals surface area contributed by atoms with Crippen molar-refractivity contribution in [3.63, 3.8) is 0 Å². The van der Waals surface area contributed by atoms with Gasteiger partial charge in [0.05, 0.1) is 10.6 Å². The maximum Gasteiger partial charge on any atom is 0.175 e. The predicted molar refractivity (Wildman–Crippen MR) is 82.9 cm³/mol. The lowest BCUT2D eigenvalue weighted by Crippen LogP contribution is -2.18. The summed E-state index contributed by atoms with van der Waals surface area (Å²) in [6.07, 6.45) is 1.22. The van der Waals surface area contributed by atoms with E-state index in [1.54, 1.807) is 12.1 Å². The van der Waals surface area contributed by atoms with Crippen LogP contribution in [0.25, 0.3) is 0 Å². The van der Waals surface area contributed by atoms with Crippen LogP contribution in [-0.2, 0) is 16.4 Å². The summed E-state index contributed by atoms with van der Waals surface area (Å²) in [4.78, 5) is 0.347. The van der Waals surface area contributed by atoms with Crippen LogP contribution in [0, 0.1) is 13.8 Å². The molecule has 6 heteroatoms. The lowest BCUT2D eigenvalue weighted by atomic mass is 10.1. The van der Waals surface area contributed by atoms with Crippen LogP contribution in [0.2, 0.25) is 0 Å². The zero-order valence-electron chi connectivity index (χ0n) is 12.8. The molecule has 114 valence electrons. The minimum absolute atomic E-state index is 0.132. The lowest BCUT2D eigenvalue weighted by molar-refractivity contribution is 0.571.